The monoisotopic (exact) mass is 261 g/mol. The number of carbonyl (C=O) groups excluding carboxylic acids is 1. The molecule has 0 amide bonds. The third-order valence-corrected chi connectivity index (χ3v) is 2.95. The van der Waals surface area contributed by atoms with Crippen LogP contribution in [0.4, 0.5) is 0 Å². The predicted octanol–water partition coefficient (Wildman–Crippen LogP) is 2.39. The molecule has 1 radical (unpaired) electrons. The normalized spacial score (nSPS) is 9.61. The summed E-state index contributed by atoms with van der Waals surface area (Å²) >= 11 is 0. The minimum absolute atomic E-state index is 0. The van der Waals surface area contributed by atoms with Gasteiger partial charge in [-0.3, -0.25) is 4.79 Å². The average molecular weight is 261 g/mol. The minimum atomic E-state index is 0. The fourth-order valence-corrected chi connectivity index (χ4v) is 2.25. The van der Waals surface area contributed by atoms with E-state index in [0.29, 0.717) is 23.5 Å². The first-order valence-electron chi connectivity index (χ1n) is 5.52. The maximum Gasteiger partial charge on any atom is 0.170 e. The van der Waals surface area contributed by atoms with Gasteiger partial charge in [0.05, 0.1) is 14.2 Å². The van der Waals surface area contributed by atoms with E-state index in [2.05, 4.69) is 9.24 Å². The van der Waals surface area contributed by atoms with Gasteiger partial charge in [-0.1, -0.05) is 0 Å². The second kappa shape index (κ2) is 7.84. The van der Waals surface area contributed by atoms with Gasteiger partial charge in [0.1, 0.15) is 17.1 Å². The molecule has 0 bridgehead atoms. The van der Waals surface area contributed by atoms with E-state index in [-0.39, 0.29) is 24.6 Å². The van der Waals surface area contributed by atoms with Gasteiger partial charge in [0.15, 0.2) is 5.78 Å². The zero-order valence-electron chi connectivity index (χ0n) is 11.8. The zero-order chi connectivity index (χ0) is 13.0. The van der Waals surface area contributed by atoms with Gasteiger partial charge >= 0.3 is 0 Å². The van der Waals surface area contributed by atoms with E-state index in [9.17, 15) is 4.79 Å². The summed E-state index contributed by atoms with van der Waals surface area (Å²) < 4.78 is 10.7. The van der Waals surface area contributed by atoms with Crippen LogP contribution in [0.2, 0.25) is 0 Å². The van der Waals surface area contributed by atoms with Gasteiger partial charge in [-0.2, -0.15) is 0 Å². The second-order valence-corrected chi connectivity index (χ2v) is 4.49. The molecule has 1 aromatic rings. The zero-order valence-corrected chi connectivity index (χ0v) is 12.9. The summed E-state index contributed by atoms with van der Waals surface area (Å²) in [5, 5.41) is 0. The summed E-state index contributed by atoms with van der Waals surface area (Å²) in [6, 6.07) is 1.97. The number of benzene rings is 1. The summed E-state index contributed by atoms with van der Waals surface area (Å²) in [6.07, 6.45) is 1.21. The Kier molecular flexibility index (Phi) is 7.63. The topological polar surface area (TPSA) is 35.5 Å². The summed E-state index contributed by atoms with van der Waals surface area (Å²) in [5.41, 5.74) is 2.48. The summed E-state index contributed by atoms with van der Waals surface area (Å²) in [7, 11) is 5.71. The van der Waals surface area contributed by atoms with Crippen LogP contribution < -0.4 is 9.47 Å². The number of ketones is 1. The van der Waals surface area contributed by atoms with E-state index in [0.717, 1.165) is 17.3 Å². The molecule has 0 aliphatic carbocycles. The van der Waals surface area contributed by atoms with Crippen molar-refractivity contribution in [1.82, 2.24) is 0 Å². The number of carbonyl (C=O) groups is 1. The molecule has 3 nitrogen and oxygen atoms in total. The first kappa shape index (κ1) is 17.5. The number of methoxy groups -OCH3 is 2. The van der Waals surface area contributed by atoms with Gasteiger partial charge < -0.3 is 9.47 Å². The second-order valence-electron chi connectivity index (χ2n) is 3.91. The van der Waals surface area contributed by atoms with E-state index in [1.807, 2.05) is 19.9 Å². The Morgan fingerprint density at radius 2 is 1.61 bits per heavy atom. The van der Waals surface area contributed by atoms with Crippen LogP contribution in [-0.4, -0.2) is 45.0 Å². The van der Waals surface area contributed by atoms with E-state index in [4.69, 9.17) is 9.47 Å². The van der Waals surface area contributed by atoms with Crippen molar-refractivity contribution in [2.24, 2.45) is 0 Å². The van der Waals surface area contributed by atoms with Crippen molar-refractivity contribution in [3.05, 3.63) is 22.8 Å². The number of Topliss-reactive ketones (excluding diaryl/α,β-unsaturated/α-hetero) is 1. The van der Waals surface area contributed by atoms with Gasteiger partial charge in [-0.05, 0) is 37.2 Å². The number of aryl methyl sites for hydroxylation is 2. The number of hydrogen-bond donors (Lipinski definition) is 0. The van der Waals surface area contributed by atoms with Crippen LogP contribution in [-0.2, 0) is 0 Å². The number of hydrogen-bond acceptors (Lipinski definition) is 3. The van der Waals surface area contributed by atoms with Crippen molar-refractivity contribution in [3.63, 3.8) is 0 Å². The molecule has 1 rings (SSSR count). The Hall–Kier alpha value is -0.483. The van der Waals surface area contributed by atoms with Crippen molar-refractivity contribution in [1.29, 1.82) is 0 Å². The van der Waals surface area contributed by atoms with Crippen LogP contribution in [0.3, 0.4) is 0 Å². The number of rotatable bonds is 5. The molecule has 0 aliphatic rings. The largest absolute Gasteiger partial charge is 0.496 e. The minimum Gasteiger partial charge on any atom is -0.496 e. The van der Waals surface area contributed by atoms with Gasteiger partial charge in [0.25, 0.3) is 0 Å². The Morgan fingerprint density at radius 1 is 1.17 bits per heavy atom. The quantitative estimate of drug-likeness (QED) is 0.464. The van der Waals surface area contributed by atoms with Crippen molar-refractivity contribution >= 4 is 33.9 Å². The van der Waals surface area contributed by atoms with Crippen molar-refractivity contribution in [2.75, 3.05) is 20.4 Å². The molecule has 1 unspecified atom stereocenters. The van der Waals surface area contributed by atoms with E-state index in [1.165, 1.54) is 0 Å². The molecule has 0 heterocycles. The van der Waals surface area contributed by atoms with Crippen LogP contribution in [0.25, 0.3) is 0 Å². The summed E-state index contributed by atoms with van der Waals surface area (Å²) in [6.45, 7) is 3.87. The maximum atomic E-state index is 12.1. The van der Waals surface area contributed by atoms with E-state index >= 15 is 0 Å². The third kappa shape index (κ3) is 3.51. The van der Waals surface area contributed by atoms with Crippen LogP contribution in [0, 0.1) is 13.8 Å². The Morgan fingerprint density at radius 3 is 1.94 bits per heavy atom. The van der Waals surface area contributed by atoms with Crippen LogP contribution in [0.15, 0.2) is 6.07 Å². The molecule has 0 aliphatic heterocycles. The molecule has 1 aromatic carbocycles. The fourth-order valence-electron chi connectivity index (χ4n) is 1.99. The van der Waals surface area contributed by atoms with E-state index < -0.39 is 0 Å². The van der Waals surface area contributed by atoms with Crippen molar-refractivity contribution in [3.8, 4) is 11.5 Å². The molecule has 0 spiro atoms. The Labute approximate surface area is 123 Å². The molecule has 0 saturated heterocycles. The van der Waals surface area contributed by atoms with Crippen LogP contribution in [0.5, 0.6) is 11.5 Å². The predicted molar refractivity (Wildman–Crippen MR) is 78.3 cm³/mol. The smallest absolute Gasteiger partial charge is 0.170 e. The maximum absolute atomic E-state index is 12.1. The molecule has 0 N–H and O–H groups in total. The van der Waals surface area contributed by atoms with Gasteiger partial charge in [0, 0.05) is 25.3 Å². The molecule has 1 atom stereocenters. The fraction of sp³-hybridized carbons (Fsp3) is 0.462. The van der Waals surface area contributed by atoms with Gasteiger partial charge in [0.2, 0.25) is 0 Å². The SMILES string of the molecule is COc1c(C)cc(C)c(OC)c1C(=O)CCP.[Li]. The van der Waals surface area contributed by atoms with Gasteiger partial charge in [-0.15, -0.1) is 9.24 Å². The third-order valence-electron chi connectivity index (χ3n) is 2.66. The molecule has 5 heteroatoms. The van der Waals surface area contributed by atoms with Crippen molar-refractivity contribution < 1.29 is 14.3 Å². The molecule has 0 fully saturated rings. The first-order valence-corrected chi connectivity index (χ1v) is 6.33. The molecule has 95 valence electrons. The molecule has 18 heavy (non-hydrogen) atoms. The summed E-state index contributed by atoms with van der Waals surface area (Å²) in [4.78, 5) is 12.1. The molecule has 0 aromatic heterocycles. The molecular formula is C13H19LiO3P. The van der Waals surface area contributed by atoms with E-state index in [1.54, 1.807) is 14.2 Å². The Balaban J connectivity index is 0.00000289. The summed E-state index contributed by atoms with van der Waals surface area (Å²) in [5.74, 6) is 1.30. The molecule has 0 saturated carbocycles. The van der Waals surface area contributed by atoms with Crippen molar-refractivity contribution in [2.45, 2.75) is 20.3 Å². The Bertz CT molecular complexity index is 404. The molecular weight excluding hydrogens is 242 g/mol. The average Bonchev–Trinajstić information content (AvgIpc) is 2.28. The number of ether oxygens (including phenoxy) is 2. The van der Waals surface area contributed by atoms with Crippen LogP contribution in [0.1, 0.15) is 27.9 Å². The first-order chi connectivity index (χ1) is 8.06. The van der Waals surface area contributed by atoms with Crippen LogP contribution >= 0.6 is 9.24 Å². The van der Waals surface area contributed by atoms with Gasteiger partial charge in [-0.25, -0.2) is 0 Å². The standard InChI is InChI=1S/C13H19O3P.Li/c1-8-7-9(2)13(16-4)11(12(8)15-3)10(14)5-6-17;/h7H,5-6,17H2,1-4H3;.